The molecule has 2 N–H and O–H groups in total. The van der Waals surface area contributed by atoms with Gasteiger partial charge in [0.2, 0.25) is 11.8 Å². The van der Waals surface area contributed by atoms with E-state index in [2.05, 4.69) is 10.6 Å². The number of rotatable bonds is 5. The molecule has 1 fully saturated rings. The molecular formula is C18H19FN4O4. The maximum atomic E-state index is 12.9. The fourth-order valence-corrected chi connectivity index (χ4v) is 2.61. The van der Waals surface area contributed by atoms with Crippen LogP contribution in [-0.2, 0) is 16.1 Å². The number of amides is 4. The zero-order chi connectivity index (χ0) is 19.2. The van der Waals surface area contributed by atoms with E-state index in [1.807, 2.05) is 0 Å². The molecule has 1 aliphatic heterocycles. The van der Waals surface area contributed by atoms with Crippen LogP contribution in [0.15, 0.2) is 47.1 Å². The van der Waals surface area contributed by atoms with Gasteiger partial charge in [0.1, 0.15) is 18.1 Å². The molecule has 142 valence electrons. The number of nitrogens with zero attached hydrogens (tertiary/aromatic N) is 2. The number of hydrogen-bond acceptors (Lipinski definition) is 4. The third kappa shape index (κ3) is 5.06. The summed E-state index contributed by atoms with van der Waals surface area (Å²) in [6.07, 6.45) is 1.52. The fraction of sp³-hybridized carbons (Fsp3) is 0.278. The first-order valence-corrected chi connectivity index (χ1v) is 8.39. The van der Waals surface area contributed by atoms with Crippen molar-refractivity contribution >= 4 is 23.5 Å². The lowest BCUT2D eigenvalue weighted by Gasteiger charge is -2.33. The molecule has 4 amide bonds. The molecule has 1 aromatic heterocycles. The number of nitrogens with one attached hydrogen (secondary N) is 2. The average Bonchev–Trinajstić information content (AvgIpc) is 3.17. The van der Waals surface area contributed by atoms with Crippen molar-refractivity contribution in [3.63, 3.8) is 0 Å². The summed E-state index contributed by atoms with van der Waals surface area (Å²) in [7, 11) is 0. The Bertz CT molecular complexity index is 807. The number of urea groups is 1. The van der Waals surface area contributed by atoms with E-state index in [1.54, 1.807) is 12.1 Å². The fourth-order valence-electron chi connectivity index (χ4n) is 2.61. The Balaban J connectivity index is 1.45. The molecule has 9 heteroatoms. The van der Waals surface area contributed by atoms with Crippen molar-refractivity contribution < 1.29 is 23.2 Å². The van der Waals surface area contributed by atoms with Crippen LogP contribution in [0.1, 0.15) is 5.76 Å². The van der Waals surface area contributed by atoms with E-state index in [-0.39, 0.29) is 38.0 Å². The molecular weight excluding hydrogens is 355 g/mol. The highest BCUT2D eigenvalue weighted by Gasteiger charge is 2.28. The Morgan fingerprint density at radius 1 is 1.15 bits per heavy atom. The van der Waals surface area contributed by atoms with Crippen LogP contribution in [0.5, 0.6) is 0 Å². The minimum absolute atomic E-state index is 0.0764. The number of halogens is 1. The van der Waals surface area contributed by atoms with Gasteiger partial charge in [-0.2, -0.15) is 0 Å². The van der Waals surface area contributed by atoms with Crippen molar-refractivity contribution in [1.82, 2.24) is 15.1 Å². The molecule has 2 aromatic rings. The lowest BCUT2D eigenvalue weighted by atomic mass is 10.3. The van der Waals surface area contributed by atoms with Crippen molar-refractivity contribution in [2.24, 2.45) is 0 Å². The van der Waals surface area contributed by atoms with Gasteiger partial charge in [-0.25, -0.2) is 9.18 Å². The number of piperazine rings is 1. The highest BCUT2D eigenvalue weighted by atomic mass is 19.1. The van der Waals surface area contributed by atoms with Gasteiger partial charge in [-0.3, -0.25) is 9.59 Å². The number of carbonyl (C=O) groups excluding carboxylic acids is 3. The monoisotopic (exact) mass is 374 g/mol. The van der Waals surface area contributed by atoms with Gasteiger partial charge in [-0.1, -0.05) is 0 Å². The Hall–Kier alpha value is -3.36. The van der Waals surface area contributed by atoms with Crippen LogP contribution in [0, 0.1) is 5.82 Å². The quantitative estimate of drug-likeness (QED) is 0.827. The predicted octanol–water partition coefficient (Wildman–Crippen LogP) is 1.41. The minimum Gasteiger partial charge on any atom is -0.467 e. The summed E-state index contributed by atoms with van der Waals surface area (Å²) in [5, 5.41) is 5.28. The van der Waals surface area contributed by atoms with Gasteiger partial charge >= 0.3 is 6.03 Å². The Labute approximate surface area is 154 Å². The predicted molar refractivity (Wildman–Crippen MR) is 94.1 cm³/mol. The maximum absolute atomic E-state index is 12.9. The van der Waals surface area contributed by atoms with Gasteiger partial charge < -0.3 is 24.9 Å². The summed E-state index contributed by atoms with van der Waals surface area (Å²) < 4.78 is 18.0. The zero-order valence-corrected chi connectivity index (χ0v) is 14.5. The molecule has 0 saturated carbocycles. The van der Waals surface area contributed by atoms with E-state index in [4.69, 9.17) is 4.42 Å². The second-order valence-corrected chi connectivity index (χ2v) is 6.03. The van der Waals surface area contributed by atoms with Gasteiger partial charge in [0.05, 0.1) is 19.4 Å². The molecule has 0 aliphatic carbocycles. The largest absolute Gasteiger partial charge is 0.467 e. The summed E-state index contributed by atoms with van der Waals surface area (Å²) in [5.41, 5.74) is 0.439. The topological polar surface area (TPSA) is 94.9 Å². The number of anilines is 1. The first-order chi connectivity index (χ1) is 13.0. The highest BCUT2D eigenvalue weighted by Crippen LogP contribution is 2.11. The average molecular weight is 374 g/mol. The number of hydrogen-bond donors (Lipinski definition) is 2. The molecule has 1 aromatic carbocycles. The van der Waals surface area contributed by atoms with E-state index in [1.165, 1.54) is 40.3 Å². The zero-order valence-electron chi connectivity index (χ0n) is 14.5. The second kappa shape index (κ2) is 8.35. The molecule has 0 spiro atoms. The summed E-state index contributed by atoms with van der Waals surface area (Å²) in [4.78, 5) is 39.2. The Morgan fingerprint density at radius 3 is 2.59 bits per heavy atom. The smallest absolute Gasteiger partial charge is 0.322 e. The lowest BCUT2D eigenvalue weighted by molar-refractivity contribution is -0.139. The van der Waals surface area contributed by atoms with E-state index in [0.717, 1.165) is 0 Å². The van der Waals surface area contributed by atoms with Crippen LogP contribution < -0.4 is 10.6 Å². The van der Waals surface area contributed by atoms with E-state index < -0.39 is 11.8 Å². The Kier molecular flexibility index (Phi) is 5.70. The van der Waals surface area contributed by atoms with E-state index in [0.29, 0.717) is 18.0 Å². The van der Waals surface area contributed by atoms with Crippen LogP contribution in [0.4, 0.5) is 14.9 Å². The molecule has 27 heavy (non-hydrogen) atoms. The SMILES string of the molecule is O=C(CN1CCN(C(=O)Nc2ccc(F)cc2)CC1=O)NCc1ccco1. The molecule has 8 nitrogen and oxygen atoms in total. The third-order valence-corrected chi connectivity index (χ3v) is 4.08. The normalized spacial score (nSPS) is 14.2. The van der Waals surface area contributed by atoms with Crippen LogP contribution in [-0.4, -0.2) is 53.8 Å². The van der Waals surface area contributed by atoms with Crippen LogP contribution in [0.25, 0.3) is 0 Å². The summed E-state index contributed by atoms with van der Waals surface area (Å²) in [5.74, 6) is -0.397. The first-order valence-electron chi connectivity index (χ1n) is 8.39. The molecule has 0 unspecified atom stereocenters. The standard InChI is InChI=1S/C18H19FN4O4/c19-13-3-5-14(6-4-13)21-18(26)23-8-7-22(17(25)12-23)11-16(24)20-10-15-2-1-9-27-15/h1-6,9H,7-8,10-12H2,(H,20,24)(H,21,26). The van der Waals surface area contributed by atoms with Crippen molar-refractivity contribution in [3.05, 3.63) is 54.2 Å². The van der Waals surface area contributed by atoms with E-state index >= 15 is 0 Å². The van der Waals surface area contributed by atoms with Gasteiger partial charge in [0.25, 0.3) is 0 Å². The summed E-state index contributed by atoms with van der Waals surface area (Å²) in [6, 6.07) is 8.37. The van der Waals surface area contributed by atoms with E-state index in [9.17, 15) is 18.8 Å². The number of benzene rings is 1. The third-order valence-electron chi connectivity index (χ3n) is 4.08. The van der Waals surface area contributed by atoms with Gasteiger partial charge in [-0.15, -0.1) is 0 Å². The van der Waals surface area contributed by atoms with Gasteiger partial charge in [0.15, 0.2) is 0 Å². The molecule has 3 rings (SSSR count). The maximum Gasteiger partial charge on any atom is 0.322 e. The van der Waals surface area contributed by atoms with Gasteiger partial charge in [0, 0.05) is 18.8 Å². The molecule has 2 heterocycles. The second-order valence-electron chi connectivity index (χ2n) is 6.03. The van der Waals surface area contributed by atoms with Crippen molar-refractivity contribution in [3.8, 4) is 0 Å². The number of furan rings is 1. The lowest BCUT2D eigenvalue weighted by Crippen LogP contribution is -2.55. The molecule has 0 radical (unpaired) electrons. The summed E-state index contributed by atoms with van der Waals surface area (Å²) in [6.45, 7) is 0.597. The molecule has 0 bridgehead atoms. The van der Waals surface area contributed by atoms with Gasteiger partial charge in [-0.05, 0) is 36.4 Å². The molecule has 1 saturated heterocycles. The minimum atomic E-state index is -0.447. The molecule has 1 aliphatic rings. The highest BCUT2D eigenvalue weighted by molar-refractivity contribution is 5.94. The summed E-state index contributed by atoms with van der Waals surface area (Å²) >= 11 is 0. The van der Waals surface area contributed by atoms with Crippen LogP contribution in [0.2, 0.25) is 0 Å². The van der Waals surface area contributed by atoms with Crippen LogP contribution in [0.3, 0.4) is 0 Å². The van der Waals surface area contributed by atoms with Crippen molar-refractivity contribution in [1.29, 1.82) is 0 Å². The first kappa shape index (κ1) is 18.4. The van der Waals surface area contributed by atoms with Crippen molar-refractivity contribution in [2.75, 3.05) is 31.5 Å². The molecule has 0 atom stereocenters. The van der Waals surface area contributed by atoms with Crippen molar-refractivity contribution in [2.45, 2.75) is 6.54 Å². The Morgan fingerprint density at radius 2 is 1.93 bits per heavy atom. The van der Waals surface area contributed by atoms with Crippen LogP contribution >= 0.6 is 0 Å². The number of carbonyl (C=O) groups is 3.